The Hall–Kier alpha value is -1.79. The minimum absolute atomic E-state index is 0.498. The molecule has 0 aliphatic carbocycles. The van der Waals surface area contributed by atoms with E-state index < -0.39 is 0 Å². The molecule has 6 heteroatoms. The van der Waals surface area contributed by atoms with Crippen molar-refractivity contribution in [2.75, 3.05) is 46.4 Å². The van der Waals surface area contributed by atoms with Gasteiger partial charge >= 0.3 is 0 Å². The summed E-state index contributed by atoms with van der Waals surface area (Å²) in [5.41, 5.74) is 1.22. The SMILES string of the molecule is CCN(CC)CCOc1ccc(CNC(=NC)NC2CCN(C(C)C)CC2)cc1. The molecule has 1 aromatic carbocycles. The summed E-state index contributed by atoms with van der Waals surface area (Å²) in [4.78, 5) is 9.30. The van der Waals surface area contributed by atoms with Gasteiger partial charge in [-0.25, -0.2) is 0 Å². The average Bonchev–Trinajstić information content (AvgIpc) is 2.75. The van der Waals surface area contributed by atoms with Gasteiger partial charge in [0.15, 0.2) is 5.96 Å². The van der Waals surface area contributed by atoms with Gasteiger partial charge in [-0.15, -0.1) is 0 Å². The number of likely N-dealkylation sites (tertiary alicyclic amines) is 1. The van der Waals surface area contributed by atoms with E-state index in [0.717, 1.165) is 57.6 Å². The van der Waals surface area contributed by atoms with Crippen LogP contribution in [0, 0.1) is 0 Å². The lowest BCUT2D eigenvalue weighted by atomic mass is 10.0. The molecule has 1 aromatic rings. The molecule has 1 fully saturated rings. The third kappa shape index (κ3) is 8.23. The van der Waals surface area contributed by atoms with Crippen LogP contribution in [0.25, 0.3) is 0 Å². The van der Waals surface area contributed by atoms with Crippen LogP contribution in [0.2, 0.25) is 0 Å². The second-order valence-corrected chi connectivity index (χ2v) is 7.99. The van der Waals surface area contributed by atoms with E-state index in [1.807, 2.05) is 7.05 Å². The van der Waals surface area contributed by atoms with E-state index in [4.69, 9.17) is 4.74 Å². The maximum atomic E-state index is 5.87. The number of guanidine groups is 1. The van der Waals surface area contributed by atoms with Crippen molar-refractivity contribution in [1.82, 2.24) is 20.4 Å². The van der Waals surface area contributed by atoms with Crippen LogP contribution in [-0.2, 0) is 6.54 Å². The Labute approximate surface area is 177 Å². The molecule has 0 radical (unpaired) electrons. The van der Waals surface area contributed by atoms with Crippen LogP contribution in [0.4, 0.5) is 0 Å². The van der Waals surface area contributed by atoms with Crippen molar-refractivity contribution < 1.29 is 4.74 Å². The lowest BCUT2D eigenvalue weighted by Crippen LogP contribution is -2.49. The van der Waals surface area contributed by atoms with E-state index in [1.54, 1.807) is 0 Å². The van der Waals surface area contributed by atoms with Gasteiger partial charge in [-0.1, -0.05) is 26.0 Å². The average molecular weight is 404 g/mol. The summed E-state index contributed by atoms with van der Waals surface area (Å²) >= 11 is 0. The van der Waals surface area contributed by atoms with E-state index >= 15 is 0 Å². The van der Waals surface area contributed by atoms with Crippen molar-refractivity contribution in [2.45, 2.75) is 59.2 Å². The zero-order chi connectivity index (χ0) is 21.1. The summed E-state index contributed by atoms with van der Waals surface area (Å²) in [5.74, 6) is 1.81. The number of piperidine rings is 1. The van der Waals surface area contributed by atoms with Crippen LogP contribution >= 0.6 is 0 Å². The van der Waals surface area contributed by atoms with E-state index in [2.05, 4.69) is 77.4 Å². The third-order valence-corrected chi connectivity index (χ3v) is 5.78. The van der Waals surface area contributed by atoms with Crippen LogP contribution in [0.15, 0.2) is 29.3 Å². The fourth-order valence-electron chi connectivity index (χ4n) is 3.67. The number of benzene rings is 1. The fraction of sp³-hybridized carbons (Fsp3) is 0.696. The topological polar surface area (TPSA) is 52.1 Å². The number of ether oxygens (including phenoxy) is 1. The second kappa shape index (κ2) is 12.7. The summed E-state index contributed by atoms with van der Waals surface area (Å²) in [6.45, 7) is 15.8. The number of hydrogen-bond donors (Lipinski definition) is 2. The Bertz CT molecular complexity index is 590. The van der Waals surface area contributed by atoms with Gasteiger partial charge in [0.05, 0.1) is 0 Å². The number of nitrogens with one attached hydrogen (secondary N) is 2. The van der Waals surface area contributed by atoms with Crippen molar-refractivity contribution >= 4 is 5.96 Å². The van der Waals surface area contributed by atoms with Crippen molar-refractivity contribution in [2.24, 2.45) is 4.99 Å². The maximum Gasteiger partial charge on any atom is 0.191 e. The van der Waals surface area contributed by atoms with Crippen LogP contribution in [-0.4, -0.2) is 74.2 Å². The first-order chi connectivity index (χ1) is 14.0. The number of aliphatic imine (C=N–C) groups is 1. The molecule has 1 saturated heterocycles. The van der Waals surface area contributed by atoms with Gasteiger partial charge in [0, 0.05) is 45.3 Å². The number of nitrogens with zero attached hydrogens (tertiary/aromatic N) is 3. The lowest BCUT2D eigenvalue weighted by molar-refractivity contribution is 0.167. The Morgan fingerprint density at radius 3 is 2.38 bits per heavy atom. The Balaban J connectivity index is 1.71. The minimum Gasteiger partial charge on any atom is -0.492 e. The van der Waals surface area contributed by atoms with Gasteiger partial charge in [-0.3, -0.25) is 4.99 Å². The molecular weight excluding hydrogens is 362 g/mol. The number of hydrogen-bond acceptors (Lipinski definition) is 4. The fourth-order valence-corrected chi connectivity index (χ4v) is 3.67. The summed E-state index contributed by atoms with van der Waals surface area (Å²) in [6, 6.07) is 9.48. The number of likely N-dealkylation sites (N-methyl/N-ethyl adjacent to an activating group) is 1. The maximum absolute atomic E-state index is 5.87. The molecule has 6 nitrogen and oxygen atoms in total. The molecule has 29 heavy (non-hydrogen) atoms. The molecule has 164 valence electrons. The first kappa shape index (κ1) is 23.5. The first-order valence-corrected chi connectivity index (χ1v) is 11.2. The minimum atomic E-state index is 0.498. The Morgan fingerprint density at radius 1 is 1.17 bits per heavy atom. The van der Waals surface area contributed by atoms with Crippen LogP contribution in [0.5, 0.6) is 5.75 Å². The highest BCUT2D eigenvalue weighted by Crippen LogP contribution is 2.14. The van der Waals surface area contributed by atoms with Gasteiger partial charge < -0.3 is 25.2 Å². The second-order valence-electron chi connectivity index (χ2n) is 7.99. The molecule has 0 unspecified atom stereocenters. The molecule has 0 spiro atoms. The van der Waals surface area contributed by atoms with Gasteiger partial charge in [0.2, 0.25) is 0 Å². The molecule has 1 aliphatic heterocycles. The predicted molar refractivity (Wildman–Crippen MR) is 123 cm³/mol. The first-order valence-electron chi connectivity index (χ1n) is 11.2. The van der Waals surface area contributed by atoms with Crippen LogP contribution in [0.1, 0.15) is 46.1 Å². The third-order valence-electron chi connectivity index (χ3n) is 5.78. The van der Waals surface area contributed by atoms with Gasteiger partial charge in [-0.05, 0) is 57.5 Å². The summed E-state index contributed by atoms with van der Waals surface area (Å²) < 4.78 is 5.87. The molecule has 2 rings (SSSR count). The predicted octanol–water partition coefficient (Wildman–Crippen LogP) is 2.95. The quantitative estimate of drug-likeness (QED) is 0.465. The highest BCUT2D eigenvalue weighted by molar-refractivity contribution is 5.79. The molecule has 0 amide bonds. The van der Waals surface area contributed by atoms with Crippen LogP contribution < -0.4 is 15.4 Å². The van der Waals surface area contributed by atoms with Gasteiger partial charge in [0.1, 0.15) is 12.4 Å². The van der Waals surface area contributed by atoms with E-state index in [0.29, 0.717) is 12.1 Å². The van der Waals surface area contributed by atoms with Crippen molar-refractivity contribution in [3.05, 3.63) is 29.8 Å². The Kier molecular flexibility index (Phi) is 10.3. The highest BCUT2D eigenvalue weighted by atomic mass is 16.5. The van der Waals surface area contributed by atoms with Gasteiger partial charge in [-0.2, -0.15) is 0 Å². The molecule has 1 heterocycles. The molecule has 0 saturated carbocycles. The Morgan fingerprint density at radius 2 is 1.83 bits per heavy atom. The summed E-state index contributed by atoms with van der Waals surface area (Å²) in [6.07, 6.45) is 2.33. The van der Waals surface area contributed by atoms with Crippen molar-refractivity contribution in [3.63, 3.8) is 0 Å². The van der Waals surface area contributed by atoms with Gasteiger partial charge in [0.25, 0.3) is 0 Å². The molecule has 2 N–H and O–H groups in total. The molecule has 0 aromatic heterocycles. The zero-order valence-corrected chi connectivity index (χ0v) is 19.1. The van der Waals surface area contributed by atoms with E-state index in [-0.39, 0.29) is 0 Å². The standard InChI is InChI=1S/C23H41N5O/c1-6-27(7-2)16-17-29-22-10-8-20(9-11-22)18-25-23(24-5)26-21-12-14-28(15-13-21)19(3)4/h8-11,19,21H,6-7,12-18H2,1-5H3,(H2,24,25,26). The molecular formula is C23H41N5O. The van der Waals surface area contributed by atoms with E-state index in [9.17, 15) is 0 Å². The monoisotopic (exact) mass is 403 g/mol. The largest absolute Gasteiger partial charge is 0.492 e. The van der Waals surface area contributed by atoms with Crippen LogP contribution in [0.3, 0.4) is 0 Å². The lowest BCUT2D eigenvalue weighted by Gasteiger charge is -2.35. The van der Waals surface area contributed by atoms with Crippen molar-refractivity contribution in [3.8, 4) is 5.75 Å². The number of rotatable bonds is 10. The normalized spacial score (nSPS) is 16.4. The smallest absolute Gasteiger partial charge is 0.191 e. The van der Waals surface area contributed by atoms with E-state index in [1.165, 1.54) is 18.4 Å². The van der Waals surface area contributed by atoms with Crippen molar-refractivity contribution in [1.29, 1.82) is 0 Å². The summed E-state index contributed by atoms with van der Waals surface area (Å²) in [5, 5.41) is 7.02. The summed E-state index contributed by atoms with van der Waals surface area (Å²) in [7, 11) is 1.84. The highest BCUT2D eigenvalue weighted by Gasteiger charge is 2.21. The molecule has 1 aliphatic rings. The molecule has 0 atom stereocenters. The molecule has 0 bridgehead atoms. The zero-order valence-electron chi connectivity index (χ0n) is 19.1.